The Bertz CT molecular complexity index is 342. The Morgan fingerprint density at radius 1 is 1.44 bits per heavy atom. The van der Waals surface area contributed by atoms with Crippen molar-refractivity contribution in [3.63, 3.8) is 0 Å². The number of nitrogens with zero attached hydrogens (tertiary/aromatic N) is 2. The van der Waals surface area contributed by atoms with Crippen molar-refractivity contribution in [2.45, 2.75) is 31.4 Å². The molecule has 1 aliphatic rings. The fourth-order valence-electron chi connectivity index (χ4n) is 2.66. The average Bonchev–Trinajstić information content (AvgIpc) is 2.80. The average molecular weight is 268 g/mol. The summed E-state index contributed by atoms with van der Waals surface area (Å²) in [7, 11) is 4.29. The molecule has 2 atom stereocenters. The lowest BCUT2D eigenvalue weighted by Gasteiger charge is -2.31. The van der Waals surface area contributed by atoms with Gasteiger partial charge in [-0.2, -0.15) is 11.3 Å². The summed E-state index contributed by atoms with van der Waals surface area (Å²) in [6.07, 6.45) is 2.81. The Morgan fingerprint density at radius 3 is 3.00 bits per heavy atom. The molecule has 1 aromatic rings. The Kier molecular flexibility index (Phi) is 5.18. The van der Waals surface area contributed by atoms with Crippen molar-refractivity contribution in [1.29, 1.82) is 0 Å². The molecule has 0 aromatic carbocycles. The molecular weight excluding hydrogens is 244 g/mol. The zero-order valence-electron chi connectivity index (χ0n) is 11.4. The largest absolute Gasteiger partial charge is 0.391 e. The van der Waals surface area contributed by atoms with Gasteiger partial charge in [0.05, 0.1) is 6.10 Å². The van der Waals surface area contributed by atoms with Crippen molar-refractivity contribution in [2.24, 2.45) is 0 Å². The summed E-state index contributed by atoms with van der Waals surface area (Å²) in [5.74, 6) is 0. The van der Waals surface area contributed by atoms with Gasteiger partial charge in [0.1, 0.15) is 0 Å². The first-order chi connectivity index (χ1) is 8.66. The van der Waals surface area contributed by atoms with Crippen LogP contribution in [0.4, 0.5) is 0 Å². The standard InChI is InChI=1S/C14H24N2OS/c1-15-7-3-8-16(2)13(10-15)14(17)5-4-12-6-9-18-11-12/h6,9,11,13-14,17H,3-5,7-8,10H2,1-2H3. The van der Waals surface area contributed by atoms with Gasteiger partial charge in [-0.05, 0) is 68.8 Å². The second-order valence-electron chi connectivity index (χ2n) is 5.40. The molecule has 0 radical (unpaired) electrons. The van der Waals surface area contributed by atoms with Crippen molar-refractivity contribution in [2.75, 3.05) is 33.7 Å². The first kappa shape index (κ1) is 14.0. The van der Waals surface area contributed by atoms with E-state index in [4.69, 9.17) is 0 Å². The predicted octanol–water partition coefficient (Wildman–Crippen LogP) is 1.68. The number of aryl methyl sites for hydroxylation is 1. The number of aliphatic hydroxyl groups is 1. The normalized spacial score (nSPS) is 24.9. The van der Waals surface area contributed by atoms with Gasteiger partial charge in [-0.3, -0.25) is 4.90 Å². The molecular formula is C14H24N2OS. The van der Waals surface area contributed by atoms with Crippen LogP contribution in [-0.4, -0.2) is 60.8 Å². The van der Waals surface area contributed by atoms with Gasteiger partial charge in [0.25, 0.3) is 0 Å². The molecule has 18 heavy (non-hydrogen) atoms. The molecule has 1 aliphatic heterocycles. The summed E-state index contributed by atoms with van der Waals surface area (Å²) >= 11 is 1.73. The van der Waals surface area contributed by atoms with E-state index in [1.165, 1.54) is 12.0 Å². The van der Waals surface area contributed by atoms with Crippen LogP contribution in [0, 0.1) is 0 Å². The summed E-state index contributed by atoms with van der Waals surface area (Å²) < 4.78 is 0. The van der Waals surface area contributed by atoms with Crippen LogP contribution in [0.2, 0.25) is 0 Å². The fourth-order valence-corrected chi connectivity index (χ4v) is 3.37. The highest BCUT2D eigenvalue weighted by molar-refractivity contribution is 7.07. The van der Waals surface area contributed by atoms with Crippen LogP contribution in [0.1, 0.15) is 18.4 Å². The zero-order valence-corrected chi connectivity index (χ0v) is 12.2. The molecule has 1 N–H and O–H groups in total. The zero-order chi connectivity index (χ0) is 13.0. The summed E-state index contributed by atoms with van der Waals surface area (Å²) in [5, 5.41) is 14.7. The second-order valence-corrected chi connectivity index (χ2v) is 6.18. The lowest BCUT2D eigenvalue weighted by atomic mass is 10.0. The van der Waals surface area contributed by atoms with Crippen LogP contribution in [-0.2, 0) is 6.42 Å². The van der Waals surface area contributed by atoms with Crippen LogP contribution in [0.15, 0.2) is 16.8 Å². The van der Waals surface area contributed by atoms with E-state index in [1.807, 2.05) is 0 Å². The number of likely N-dealkylation sites (N-methyl/N-ethyl adjacent to an activating group) is 2. The minimum absolute atomic E-state index is 0.226. The lowest BCUT2D eigenvalue weighted by molar-refractivity contribution is 0.0522. The first-order valence-electron chi connectivity index (χ1n) is 6.74. The van der Waals surface area contributed by atoms with Gasteiger partial charge >= 0.3 is 0 Å². The molecule has 102 valence electrons. The van der Waals surface area contributed by atoms with E-state index in [0.717, 1.165) is 32.5 Å². The van der Waals surface area contributed by atoms with Crippen LogP contribution in [0.25, 0.3) is 0 Å². The van der Waals surface area contributed by atoms with E-state index in [0.29, 0.717) is 0 Å². The number of rotatable bonds is 4. The second kappa shape index (κ2) is 6.66. The van der Waals surface area contributed by atoms with Crippen LogP contribution >= 0.6 is 11.3 Å². The maximum absolute atomic E-state index is 10.4. The smallest absolute Gasteiger partial charge is 0.0710 e. The maximum atomic E-state index is 10.4. The topological polar surface area (TPSA) is 26.7 Å². The highest BCUT2D eigenvalue weighted by Gasteiger charge is 2.26. The molecule has 0 saturated carbocycles. The first-order valence-corrected chi connectivity index (χ1v) is 7.69. The molecule has 3 nitrogen and oxygen atoms in total. The quantitative estimate of drug-likeness (QED) is 0.900. The fraction of sp³-hybridized carbons (Fsp3) is 0.714. The maximum Gasteiger partial charge on any atom is 0.0710 e. The van der Waals surface area contributed by atoms with Crippen molar-refractivity contribution >= 4 is 11.3 Å². The van der Waals surface area contributed by atoms with Gasteiger partial charge in [0.15, 0.2) is 0 Å². The summed E-state index contributed by atoms with van der Waals surface area (Å²) in [6, 6.07) is 2.43. The third-order valence-corrected chi connectivity index (χ3v) is 4.60. The number of aliphatic hydroxyl groups excluding tert-OH is 1. The highest BCUT2D eigenvalue weighted by Crippen LogP contribution is 2.16. The van der Waals surface area contributed by atoms with Crippen molar-refractivity contribution in [1.82, 2.24) is 9.80 Å². The van der Waals surface area contributed by atoms with Gasteiger partial charge in [-0.25, -0.2) is 0 Å². The molecule has 1 saturated heterocycles. The van der Waals surface area contributed by atoms with E-state index in [-0.39, 0.29) is 12.1 Å². The number of hydrogen-bond acceptors (Lipinski definition) is 4. The molecule has 2 unspecified atom stereocenters. The Balaban J connectivity index is 1.87. The van der Waals surface area contributed by atoms with Crippen molar-refractivity contribution in [3.05, 3.63) is 22.4 Å². The van der Waals surface area contributed by atoms with E-state index in [1.54, 1.807) is 11.3 Å². The van der Waals surface area contributed by atoms with Crippen LogP contribution in [0.3, 0.4) is 0 Å². The molecule has 2 heterocycles. The molecule has 0 aliphatic carbocycles. The van der Waals surface area contributed by atoms with Gasteiger partial charge in [0.2, 0.25) is 0 Å². The molecule has 2 rings (SSSR count). The van der Waals surface area contributed by atoms with Crippen LogP contribution in [0.5, 0.6) is 0 Å². The van der Waals surface area contributed by atoms with Crippen LogP contribution < -0.4 is 0 Å². The molecule has 1 aromatic heterocycles. The Morgan fingerprint density at radius 2 is 2.28 bits per heavy atom. The van der Waals surface area contributed by atoms with E-state index in [2.05, 4.69) is 40.7 Å². The summed E-state index contributed by atoms with van der Waals surface area (Å²) in [5.41, 5.74) is 1.35. The van der Waals surface area contributed by atoms with Crippen molar-refractivity contribution < 1.29 is 5.11 Å². The third kappa shape index (κ3) is 3.79. The molecule has 0 bridgehead atoms. The summed E-state index contributed by atoms with van der Waals surface area (Å²) in [6.45, 7) is 3.20. The van der Waals surface area contributed by atoms with Gasteiger partial charge in [0, 0.05) is 12.6 Å². The summed E-state index contributed by atoms with van der Waals surface area (Å²) in [4.78, 5) is 4.66. The predicted molar refractivity (Wildman–Crippen MR) is 77.2 cm³/mol. The highest BCUT2D eigenvalue weighted by atomic mass is 32.1. The van der Waals surface area contributed by atoms with E-state index < -0.39 is 0 Å². The Labute approximate surface area is 114 Å². The number of thiophene rings is 1. The Hall–Kier alpha value is -0.420. The van der Waals surface area contributed by atoms with Crippen molar-refractivity contribution in [3.8, 4) is 0 Å². The SMILES string of the molecule is CN1CCCN(C)C(C(O)CCc2ccsc2)C1. The van der Waals surface area contributed by atoms with E-state index in [9.17, 15) is 5.11 Å². The minimum atomic E-state index is -0.226. The van der Waals surface area contributed by atoms with Gasteiger partial charge in [-0.1, -0.05) is 0 Å². The lowest BCUT2D eigenvalue weighted by Crippen LogP contribution is -2.46. The van der Waals surface area contributed by atoms with Gasteiger partial charge < -0.3 is 10.0 Å². The van der Waals surface area contributed by atoms with Gasteiger partial charge in [-0.15, -0.1) is 0 Å². The minimum Gasteiger partial charge on any atom is -0.391 e. The van der Waals surface area contributed by atoms with E-state index >= 15 is 0 Å². The third-order valence-electron chi connectivity index (χ3n) is 3.87. The monoisotopic (exact) mass is 268 g/mol. The molecule has 1 fully saturated rings. The molecule has 0 spiro atoms. The number of hydrogen-bond donors (Lipinski definition) is 1. The molecule has 0 amide bonds. The molecule has 4 heteroatoms.